The van der Waals surface area contributed by atoms with Crippen molar-refractivity contribution < 1.29 is 32.6 Å². The molecule has 1 saturated heterocycles. The Balaban J connectivity index is 1.64. The van der Waals surface area contributed by atoms with Crippen LogP contribution in [0.4, 0.5) is 19.3 Å². The van der Waals surface area contributed by atoms with Crippen LogP contribution in [0.15, 0.2) is 70.7 Å². The molecule has 0 atom stereocenters. The van der Waals surface area contributed by atoms with E-state index in [9.17, 15) is 23.2 Å². The Morgan fingerprint density at radius 1 is 1.03 bits per heavy atom. The van der Waals surface area contributed by atoms with Crippen molar-refractivity contribution in [2.24, 2.45) is 0 Å². The van der Waals surface area contributed by atoms with E-state index in [0.717, 1.165) is 17.0 Å². The molecule has 3 aromatic rings. The van der Waals surface area contributed by atoms with Gasteiger partial charge in [-0.3, -0.25) is 14.9 Å². The van der Waals surface area contributed by atoms with Gasteiger partial charge in [0.1, 0.15) is 23.8 Å². The first-order chi connectivity index (χ1) is 16.8. The lowest BCUT2D eigenvalue weighted by Gasteiger charge is -2.26. The summed E-state index contributed by atoms with van der Waals surface area (Å²) in [5.41, 5.74) is 0.521. The third-order valence-electron chi connectivity index (χ3n) is 5.08. The topological polar surface area (TPSA) is 84.9 Å². The van der Waals surface area contributed by atoms with Gasteiger partial charge in [-0.15, -0.1) is 0 Å². The fourth-order valence-corrected chi connectivity index (χ4v) is 3.95. The Kier molecular flexibility index (Phi) is 6.92. The number of rotatable bonds is 6. The molecule has 0 unspecified atom stereocenters. The van der Waals surface area contributed by atoms with Crippen molar-refractivity contribution in [3.63, 3.8) is 0 Å². The molecule has 4 amide bonds. The van der Waals surface area contributed by atoms with Crippen LogP contribution in [0.2, 0.25) is 0 Å². The Hall–Kier alpha value is -4.05. The van der Waals surface area contributed by atoms with Crippen molar-refractivity contribution in [2.45, 2.75) is 6.61 Å². The highest BCUT2D eigenvalue weighted by Gasteiger charge is 2.36. The summed E-state index contributed by atoms with van der Waals surface area (Å²) < 4.78 is 38.8. The van der Waals surface area contributed by atoms with E-state index in [1.165, 1.54) is 37.5 Å². The summed E-state index contributed by atoms with van der Waals surface area (Å²) in [5.74, 6) is -2.16. The van der Waals surface area contributed by atoms with E-state index in [0.29, 0.717) is 21.3 Å². The predicted molar refractivity (Wildman–Crippen MR) is 127 cm³/mol. The summed E-state index contributed by atoms with van der Waals surface area (Å²) in [6.07, 6.45) is 1.29. The third-order valence-corrected chi connectivity index (χ3v) is 5.67. The second-order valence-electron chi connectivity index (χ2n) is 7.35. The smallest absolute Gasteiger partial charge is 0.335 e. The zero-order valence-corrected chi connectivity index (χ0v) is 19.8. The van der Waals surface area contributed by atoms with Crippen LogP contribution in [0.3, 0.4) is 0 Å². The summed E-state index contributed by atoms with van der Waals surface area (Å²) in [5, 5.41) is 2.10. The highest BCUT2D eigenvalue weighted by molar-refractivity contribution is 9.10. The number of benzene rings is 3. The molecule has 0 aromatic heterocycles. The monoisotopic (exact) mass is 542 g/mol. The lowest BCUT2D eigenvalue weighted by atomic mass is 10.1. The zero-order valence-electron chi connectivity index (χ0n) is 18.2. The molecule has 1 N–H and O–H groups in total. The number of carbonyl (C=O) groups excluding carboxylic acids is 3. The third kappa shape index (κ3) is 5.07. The van der Waals surface area contributed by atoms with E-state index in [-0.39, 0.29) is 23.6 Å². The van der Waals surface area contributed by atoms with E-state index in [1.54, 1.807) is 24.3 Å². The number of ether oxygens (including phenoxy) is 2. The second kappa shape index (κ2) is 10.1. The number of hydrogen-bond acceptors (Lipinski definition) is 5. The fraction of sp³-hybridized carbons (Fsp3) is 0.0800. The molecule has 0 aliphatic carbocycles. The van der Waals surface area contributed by atoms with Gasteiger partial charge in [-0.1, -0.05) is 18.2 Å². The van der Waals surface area contributed by atoms with Gasteiger partial charge in [0, 0.05) is 5.56 Å². The van der Waals surface area contributed by atoms with Gasteiger partial charge in [-0.25, -0.2) is 18.5 Å². The molecule has 178 valence electrons. The number of carbonyl (C=O) groups is 3. The maximum Gasteiger partial charge on any atom is 0.335 e. The van der Waals surface area contributed by atoms with E-state index >= 15 is 0 Å². The van der Waals surface area contributed by atoms with Crippen molar-refractivity contribution in [3.8, 4) is 11.5 Å². The number of nitrogens with zero attached hydrogens (tertiary/aromatic N) is 1. The summed E-state index contributed by atoms with van der Waals surface area (Å²) in [4.78, 5) is 38.5. The number of nitrogens with one attached hydrogen (secondary N) is 1. The van der Waals surface area contributed by atoms with E-state index < -0.39 is 29.5 Å². The van der Waals surface area contributed by atoms with Crippen molar-refractivity contribution in [1.82, 2.24) is 5.32 Å². The molecule has 1 aliphatic rings. The Morgan fingerprint density at radius 3 is 2.43 bits per heavy atom. The van der Waals surface area contributed by atoms with Gasteiger partial charge in [0.25, 0.3) is 11.8 Å². The van der Waals surface area contributed by atoms with Crippen LogP contribution < -0.4 is 19.7 Å². The first-order valence-electron chi connectivity index (χ1n) is 10.2. The van der Waals surface area contributed by atoms with E-state index in [1.807, 2.05) is 0 Å². The largest absolute Gasteiger partial charge is 0.493 e. The number of methoxy groups -OCH3 is 1. The first-order valence-corrected chi connectivity index (χ1v) is 11.0. The normalized spacial score (nSPS) is 14.8. The molecule has 3 aromatic carbocycles. The Morgan fingerprint density at radius 2 is 1.74 bits per heavy atom. The Labute approximate surface area is 207 Å². The molecule has 1 aliphatic heterocycles. The summed E-state index contributed by atoms with van der Waals surface area (Å²) in [6.45, 7) is -0.0578. The molecule has 1 heterocycles. The molecular formula is C25H17BrF2N2O5. The maximum atomic E-state index is 13.9. The van der Waals surface area contributed by atoms with E-state index in [4.69, 9.17) is 9.47 Å². The average Bonchev–Trinajstić information content (AvgIpc) is 2.83. The van der Waals surface area contributed by atoms with Crippen LogP contribution in [0, 0.1) is 11.6 Å². The molecule has 7 nitrogen and oxygen atoms in total. The molecule has 35 heavy (non-hydrogen) atoms. The standard InChI is InChI=1S/C25H17BrF2N2O5/c1-34-21-12-14(11-19(26)22(21)35-13-15-4-2-3-5-20(15)28)10-18-23(31)29-25(33)30(24(18)32)17-8-6-16(27)7-9-17/h2-12H,13H2,1H3,(H,29,31,33)/b18-10+. The quantitative estimate of drug-likeness (QED) is 0.350. The number of anilines is 1. The minimum atomic E-state index is -0.945. The number of amides is 4. The van der Waals surface area contributed by atoms with Gasteiger partial charge in [-0.05, 0) is 70.0 Å². The molecule has 0 radical (unpaired) electrons. The van der Waals surface area contributed by atoms with Crippen LogP contribution in [0.1, 0.15) is 11.1 Å². The fourth-order valence-electron chi connectivity index (χ4n) is 3.38. The molecule has 1 fully saturated rings. The van der Waals surface area contributed by atoms with Gasteiger partial charge >= 0.3 is 6.03 Å². The predicted octanol–water partition coefficient (Wildman–Crippen LogP) is 4.98. The lowest BCUT2D eigenvalue weighted by Crippen LogP contribution is -2.54. The summed E-state index contributed by atoms with van der Waals surface area (Å²) in [7, 11) is 1.40. The molecule has 0 spiro atoms. The number of urea groups is 1. The molecular weight excluding hydrogens is 526 g/mol. The van der Waals surface area contributed by atoms with Crippen molar-refractivity contribution in [1.29, 1.82) is 0 Å². The van der Waals surface area contributed by atoms with Gasteiger partial charge in [0.15, 0.2) is 11.5 Å². The average molecular weight is 543 g/mol. The number of imide groups is 2. The minimum absolute atomic E-state index is 0.0578. The SMILES string of the molecule is COc1cc(/C=C2\C(=O)NC(=O)N(c3ccc(F)cc3)C2=O)cc(Br)c1OCc1ccccc1F. The summed E-state index contributed by atoms with van der Waals surface area (Å²) in [6, 6.07) is 13.0. The summed E-state index contributed by atoms with van der Waals surface area (Å²) >= 11 is 3.38. The molecule has 0 bridgehead atoms. The molecule has 0 saturated carbocycles. The number of barbiturate groups is 1. The number of hydrogen-bond donors (Lipinski definition) is 1. The lowest BCUT2D eigenvalue weighted by molar-refractivity contribution is -0.122. The second-order valence-corrected chi connectivity index (χ2v) is 8.20. The van der Waals surface area contributed by atoms with Crippen LogP contribution in [-0.4, -0.2) is 25.0 Å². The van der Waals surface area contributed by atoms with Gasteiger partial charge in [0.05, 0.1) is 17.3 Å². The first kappa shape index (κ1) is 24.1. The minimum Gasteiger partial charge on any atom is -0.493 e. The van der Waals surface area contributed by atoms with Gasteiger partial charge in [-0.2, -0.15) is 0 Å². The maximum absolute atomic E-state index is 13.9. The molecule has 4 rings (SSSR count). The Bertz CT molecular complexity index is 1360. The van der Waals surface area contributed by atoms with Crippen LogP contribution in [0.25, 0.3) is 6.08 Å². The zero-order chi connectivity index (χ0) is 25.1. The van der Waals surface area contributed by atoms with Crippen LogP contribution in [0.5, 0.6) is 11.5 Å². The van der Waals surface area contributed by atoms with Crippen LogP contribution in [-0.2, 0) is 16.2 Å². The van der Waals surface area contributed by atoms with Crippen molar-refractivity contribution in [3.05, 3.63) is 93.5 Å². The van der Waals surface area contributed by atoms with Gasteiger partial charge in [0.2, 0.25) is 0 Å². The van der Waals surface area contributed by atoms with Crippen molar-refractivity contribution in [2.75, 3.05) is 12.0 Å². The number of halogens is 3. The highest BCUT2D eigenvalue weighted by atomic mass is 79.9. The molecule has 10 heteroatoms. The highest BCUT2D eigenvalue weighted by Crippen LogP contribution is 2.38. The van der Waals surface area contributed by atoms with Gasteiger partial charge < -0.3 is 9.47 Å². The van der Waals surface area contributed by atoms with Crippen LogP contribution >= 0.6 is 15.9 Å². The van der Waals surface area contributed by atoms with E-state index in [2.05, 4.69) is 21.2 Å². The van der Waals surface area contributed by atoms with Crippen molar-refractivity contribution >= 4 is 45.5 Å².